The van der Waals surface area contributed by atoms with Crippen molar-refractivity contribution in [3.63, 3.8) is 0 Å². The van der Waals surface area contributed by atoms with Crippen molar-refractivity contribution >= 4 is 23.8 Å². The fraction of sp³-hybridized carbons (Fsp3) is 0.846. The molecule has 1 fully saturated rings. The maximum absolute atomic E-state index is 12.5. The number of hydrogen-bond acceptors (Lipinski definition) is 3. The topological polar surface area (TPSA) is 60.9 Å². The van der Waals surface area contributed by atoms with Gasteiger partial charge in [-0.25, -0.2) is 4.79 Å². The van der Waals surface area contributed by atoms with Crippen molar-refractivity contribution in [2.45, 2.75) is 45.2 Å². The monoisotopic (exact) mass is 288 g/mol. The second-order valence-electron chi connectivity index (χ2n) is 5.05. The third-order valence-corrected chi connectivity index (χ3v) is 4.64. The zero-order valence-electron chi connectivity index (χ0n) is 12.0. The van der Waals surface area contributed by atoms with E-state index in [1.54, 1.807) is 21.6 Å². The number of carbonyl (C=O) groups is 2. The molecule has 5 nitrogen and oxygen atoms in total. The van der Waals surface area contributed by atoms with E-state index in [1.807, 2.05) is 14.0 Å². The highest BCUT2D eigenvalue weighted by Crippen LogP contribution is 2.21. The van der Waals surface area contributed by atoms with Crippen LogP contribution in [0, 0.1) is 0 Å². The van der Waals surface area contributed by atoms with Crippen molar-refractivity contribution in [1.29, 1.82) is 0 Å². The third kappa shape index (κ3) is 4.60. The molecule has 0 aliphatic carbocycles. The molecule has 0 aromatic carbocycles. The van der Waals surface area contributed by atoms with Crippen LogP contribution in [0.15, 0.2) is 0 Å². The van der Waals surface area contributed by atoms with E-state index >= 15 is 0 Å². The minimum Gasteiger partial charge on any atom is -0.481 e. The molecule has 0 aromatic rings. The summed E-state index contributed by atoms with van der Waals surface area (Å²) in [7, 11) is 1.81. The molecule has 1 heterocycles. The second-order valence-corrected chi connectivity index (χ2v) is 6.20. The van der Waals surface area contributed by atoms with Crippen LogP contribution in [0.4, 0.5) is 4.79 Å². The lowest BCUT2D eigenvalue weighted by Crippen LogP contribution is -2.53. The molecule has 1 rings (SSSR count). The summed E-state index contributed by atoms with van der Waals surface area (Å²) in [6.45, 7) is 4.77. The molecule has 19 heavy (non-hydrogen) atoms. The normalized spacial score (nSPS) is 21.0. The highest BCUT2D eigenvalue weighted by atomic mass is 32.2. The van der Waals surface area contributed by atoms with E-state index in [4.69, 9.17) is 5.11 Å². The van der Waals surface area contributed by atoms with Crippen molar-refractivity contribution < 1.29 is 14.7 Å². The Hall–Kier alpha value is -0.910. The van der Waals surface area contributed by atoms with Gasteiger partial charge in [0, 0.05) is 31.1 Å². The van der Waals surface area contributed by atoms with Crippen LogP contribution in [0.3, 0.4) is 0 Å². The Morgan fingerprint density at radius 3 is 2.79 bits per heavy atom. The van der Waals surface area contributed by atoms with Gasteiger partial charge in [0.05, 0.1) is 12.5 Å². The van der Waals surface area contributed by atoms with Crippen LogP contribution < -0.4 is 0 Å². The van der Waals surface area contributed by atoms with Gasteiger partial charge in [-0.2, -0.15) is 11.8 Å². The van der Waals surface area contributed by atoms with E-state index in [-0.39, 0.29) is 24.5 Å². The third-order valence-electron chi connectivity index (χ3n) is 3.55. The molecule has 6 heteroatoms. The highest BCUT2D eigenvalue weighted by molar-refractivity contribution is 7.99. The quantitative estimate of drug-likeness (QED) is 0.842. The first-order valence-electron chi connectivity index (χ1n) is 6.80. The summed E-state index contributed by atoms with van der Waals surface area (Å²) in [5.74, 6) is 0.765. The standard InChI is InChI=1S/C13H24N2O3S/c1-4-5-10(2)14(3)13(18)15-6-7-19-9-11(15)8-12(16)17/h10-11H,4-9H2,1-3H3,(H,16,17). The van der Waals surface area contributed by atoms with Crippen LogP contribution in [0.1, 0.15) is 33.1 Å². The van der Waals surface area contributed by atoms with Crippen molar-refractivity contribution in [2.75, 3.05) is 25.1 Å². The summed E-state index contributed by atoms with van der Waals surface area (Å²) in [5, 5.41) is 8.94. The maximum Gasteiger partial charge on any atom is 0.320 e. The van der Waals surface area contributed by atoms with Crippen molar-refractivity contribution in [2.24, 2.45) is 0 Å². The van der Waals surface area contributed by atoms with E-state index in [1.165, 1.54) is 0 Å². The summed E-state index contributed by atoms with van der Waals surface area (Å²) < 4.78 is 0. The highest BCUT2D eigenvalue weighted by Gasteiger charge is 2.31. The van der Waals surface area contributed by atoms with Crippen molar-refractivity contribution in [3.05, 3.63) is 0 Å². The van der Waals surface area contributed by atoms with E-state index in [0.29, 0.717) is 12.3 Å². The molecule has 1 saturated heterocycles. The Kier molecular flexibility index (Phi) is 6.48. The molecule has 0 saturated carbocycles. The SMILES string of the molecule is CCCC(C)N(C)C(=O)N1CCSCC1CC(=O)O. The minimum atomic E-state index is -0.838. The van der Waals surface area contributed by atoms with E-state index in [2.05, 4.69) is 6.92 Å². The predicted molar refractivity (Wildman–Crippen MR) is 77.6 cm³/mol. The molecule has 2 atom stereocenters. The average Bonchev–Trinajstić information content (AvgIpc) is 2.37. The number of carboxylic acid groups (broad SMARTS) is 1. The van der Waals surface area contributed by atoms with Gasteiger partial charge in [-0.15, -0.1) is 0 Å². The van der Waals surface area contributed by atoms with Crippen molar-refractivity contribution in [3.8, 4) is 0 Å². The smallest absolute Gasteiger partial charge is 0.320 e. The van der Waals surface area contributed by atoms with Crippen LogP contribution in [0.2, 0.25) is 0 Å². The molecular weight excluding hydrogens is 264 g/mol. The number of urea groups is 1. The molecule has 0 spiro atoms. The Labute approximate surface area is 119 Å². The Morgan fingerprint density at radius 1 is 1.53 bits per heavy atom. The van der Waals surface area contributed by atoms with Gasteiger partial charge >= 0.3 is 12.0 Å². The lowest BCUT2D eigenvalue weighted by atomic mass is 10.1. The molecule has 1 N–H and O–H groups in total. The van der Waals surface area contributed by atoms with Crippen LogP contribution in [-0.2, 0) is 4.79 Å². The number of carboxylic acids is 1. The molecule has 0 radical (unpaired) electrons. The summed E-state index contributed by atoms with van der Waals surface area (Å²) in [6, 6.07) is -0.0231. The number of amides is 2. The number of aliphatic carboxylic acids is 1. The molecule has 1 aliphatic rings. The number of hydrogen-bond donors (Lipinski definition) is 1. The van der Waals surface area contributed by atoms with Crippen LogP contribution in [0.5, 0.6) is 0 Å². The molecule has 0 aromatic heterocycles. The Morgan fingerprint density at radius 2 is 2.21 bits per heavy atom. The second kappa shape index (κ2) is 7.62. The van der Waals surface area contributed by atoms with Crippen LogP contribution in [-0.4, -0.2) is 64.1 Å². The molecule has 0 bridgehead atoms. The van der Waals surface area contributed by atoms with E-state index in [0.717, 1.165) is 18.6 Å². The Balaban J connectivity index is 2.68. The van der Waals surface area contributed by atoms with Gasteiger partial charge in [0.1, 0.15) is 0 Å². The van der Waals surface area contributed by atoms with Crippen molar-refractivity contribution in [1.82, 2.24) is 9.80 Å². The van der Waals surface area contributed by atoms with Gasteiger partial charge in [-0.3, -0.25) is 4.79 Å². The van der Waals surface area contributed by atoms with Gasteiger partial charge in [-0.1, -0.05) is 13.3 Å². The van der Waals surface area contributed by atoms with Gasteiger partial charge in [0.2, 0.25) is 0 Å². The van der Waals surface area contributed by atoms with Gasteiger partial charge in [0.25, 0.3) is 0 Å². The van der Waals surface area contributed by atoms with Gasteiger partial charge in [-0.05, 0) is 13.3 Å². The predicted octanol–water partition coefficient (Wildman–Crippen LogP) is 2.12. The first-order chi connectivity index (χ1) is 8.97. The van der Waals surface area contributed by atoms with Gasteiger partial charge < -0.3 is 14.9 Å². The lowest BCUT2D eigenvalue weighted by Gasteiger charge is -2.38. The number of rotatable bonds is 5. The maximum atomic E-state index is 12.5. The van der Waals surface area contributed by atoms with Gasteiger partial charge in [0.15, 0.2) is 0 Å². The molecule has 110 valence electrons. The number of thioether (sulfide) groups is 1. The lowest BCUT2D eigenvalue weighted by molar-refractivity contribution is -0.138. The zero-order valence-corrected chi connectivity index (χ0v) is 12.8. The number of nitrogens with zero attached hydrogens (tertiary/aromatic N) is 2. The fourth-order valence-corrected chi connectivity index (χ4v) is 3.34. The first-order valence-corrected chi connectivity index (χ1v) is 7.95. The zero-order chi connectivity index (χ0) is 14.4. The molecule has 1 aliphatic heterocycles. The largest absolute Gasteiger partial charge is 0.481 e. The first kappa shape index (κ1) is 16.1. The number of carbonyl (C=O) groups excluding carboxylic acids is 1. The fourth-order valence-electron chi connectivity index (χ4n) is 2.28. The molecular formula is C13H24N2O3S. The summed E-state index contributed by atoms with van der Waals surface area (Å²) in [4.78, 5) is 26.8. The molecule has 2 amide bonds. The van der Waals surface area contributed by atoms with Crippen LogP contribution in [0.25, 0.3) is 0 Å². The van der Waals surface area contributed by atoms with E-state index < -0.39 is 5.97 Å². The average molecular weight is 288 g/mol. The molecule has 2 unspecified atom stereocenters. The van der Waals surface area contributed by atoms with Crippen LogP contribution >= 0.6 is 11.8 Å². The summed E-state index contributed by atoms with van der Waals surface area (Å²) in [6.07, 6.45) is 2.04. The van der Waals surface area contributed by atoms with E-state index in [9.17, 15) is 9.59 Å². The minimum absolute atomic E-state index is 0.0347. The summed E-state index contributed by atoms with van der Waals surface area (Å²) >= 11 is 1.72. The Bertz CT molecular complexity index is 325. The summed E-state index contributed by atoms with van der Waals surface area (Å²) in [5.41, 5.74) is 0.